The van der Waals surface area contributed by atoms with Gasteiger partial charge in [0.2, 0.25) is 11.8 Å². The van der Waals surface area contributed by atoms with Crippen LogP contribution in [0.25, 0.3) is 5.69 Å². The van der Waals surface area contributed by atoms with Gasteiger partial charge in [-0.1, -0.05) is 26.0 Å². The maximum absolute atomic E-state index is 13.0. The molecule has 1 amide bonds. The van der Waals surface area contributed by atoms with Crippen LogP contribution in [0.5, 0.6) is 0 Å². The molecule has 2 N–H and O–H groups in total. The Bertz CT molecular complexity index is 1290. The molecule has 1 atom stereocenters. The zero-order valence-corrected chi connectivity index (χ0v) is 17.6. The number of sulfonamides is 1. The Morgan fingerprint density at radius 2 is 2.10 bits per heavy atom. The number of para-hydroxylation sites is 1. The van der Waals surface area contributed by atoms with E-state index in [0.717, 1.165) is 29.9 Å². The largest absolute Gasteiger partial charge is 0.466 e. The monoisotopic (exact) mass is 427 g/mol. The first-order valence-electron chi connectivity index (χ1n) is 9.62. The van der Waals surface area contributed by atoms with Crippen LogP contribution in [0.15, 0.2) is 39.6 Å². The normalized spacial score (nSPS) is 20.4. The minimum Gasteiger partial charge on any atom is -0.466 e. The van der Waals surface area contributed by atoms with Gasteiger partial charge >= 0.3 is 0 Å². The van der Waals surface area contributed by atoms with Gasteiger partial charge in [-0.2, -0.15) is 9.67 Å². The number of carbonyl (C=O) groups excluding carboxylic acids is 1. The van der Waals surface area contributed by atoms with Gasteiger partial charge in [-0.3, -0.25) is 4.79 Å². The highest BCUT2D eigenvalue weighted by atomic mass is 32.2. The van der Waals surface area contributed by atoms with Crippen molar-refractivity contribution in [2.24, 2.45) is 5.41 Å². The van der Waals surface area contributed by atoms with Crippen LogP contribution in [0.4, 0.5) is 5.95 Å². The lowest BCUT2D eigenvalue weighted by atomic mass is 9.74. The van der Waals surface area contributed by atoms with E-state index in [4.69, 9.17) is 4.42 Å². The van der Waals surface area contributed by atoms with E-state index in [1.54, 1.807) is 18.2 Å². The molecule has 0 saturated carbocycles. The number of aryl methyl sites for hydroxylation is 1. The minimum atomic E-state index is -3.77. The van der Waals surface area contributed by atoms with Crippen molar-refractivity contribution in [3.63, 3.8) is 0 Å². The topological polar surface area (TPSA) is 119 Å². The first kappa shape index (κ1) is 18.9. The van der Waals surface area contributed by atoms with Crippen molar-refractivity contribution >= 4 is 21.9 Å². The summed E-state index contributed by atoms with van der Waals surface area (Å²) >= 11 is 0. The van der Waals surface area contributed by atoms with Gasteiger partial charge in [0.1, 0.15) is 16.4 Å². The Labute approximate surface area is 173 Å². The number of carbonyl (C=O) groups is 1. The zero-order chi connectivity index (χ0) is 21.3. The van der Waals surface area contributed by atoms with E-state index in [2.05, 4.69) is 34.0 Å². The van der Waals surface area contributed by atoms with Crippen LogP contribution < -0.4 is 10.0 Å². The fraction of sp³-hybridized carbons (Fsp3) is 0.350. The number of nitrogens with zero attached hydrogens (tertiary/aromatic N) is 3. The van der Waals surface area contributed by atoms with E-state index < -0.39 is 15.9 Å². The lowest BCUT2D eigenvalue weighted by molar-refractivity contribution is 0.0907. The van der Waals surface area contributed by atoms with Crippen LogP contribution in [0.1, 0.15) is 54.0 Å². The van der Waals surface area contributed by atoms with Crippen molar-refractivity contribution in [1.29, 1.82) is 0 Å². The van der Waals surface area contributed by atoms with Crippen LogP contribution in [-0.2, 0) is 16.4 Å². The highest BCUT2D eigenvalue weighted by molar-refractivity contribution is 7.92. The standard InChI is InChI=1S/C20H21N5O4S/c1-11-8-12-13(9-20(2,3)10-15(12)29-11)21-18(26)17-22-19-24-30(27,28)16-7-5-4-6-14(16)25(19)23-17/h4-8,13H,9-10H2,1-3H3,(H,21,26)(H,22,23,24)/t13-/m1/s1. The molecule has 1 aliphatic heterocycles. The predicted octanol–water partition coefficient (Wildman–Crippen LogP) is 2.73. The number of fused-ring (bicyclic) bond motifs is 4. The first-order chi connectivity index (χ1) is 14.1. The summed E-state index contributed by atoms with van der Waals surface area (Å²) in [4.78, 5) is 17.2. The van der Waals surface area contributed by atoms with Gasteiger partial charge in [0, 0.05) is 12.0 Å². The predicted molar refractivity (Wildman–Crippen MR) is 108 cm³/mol. The second kappa shape index (κ2) is 6.18. The number of rotatable bonds is 2. The summed E-state index contributed by atoms with van der Waals surface area (Å²) in [5.74, 6) is 1.10. The molecule has 1 aliphatic carbocycles. The molecule has 2 aliphatic rings. The molecule has 3 heterocycles. The Kier molecular flexibility index (Phi) is 3.88. The fourth-order valence-electron chi connectivity index (χ4n) is 4.21. The van der Waals surface area contributed by atoms with Crippen molar-refractivity contribution in [3.8, 4) is 5.69 Å². The number of hydrogen-bond donors (Lipinski definition) is 2. The van der Waals surface area contributed by atoms with Crippen molar-refractivity contribution in [2.75, 3.05) is 4.72 Å². The fourth-order valence-corrected chi connectivity index (χ4v) is 5.38. The molecule has 9 nitrogen and oxygen atoms in total. The van der Waals surface area contributed by atoms with Crippen molar-refractivity contribution in [1.82, 2.24) is 20.1 Å². The van der Waals surface area contributed by atoms with Crippen LogP contribution in [-0.4, -0.2) is 29.1 Å². The molecule has 30 heavy (non-hydrogen) atoms. The van der Waals surface area contributed by atoms with Gasteiger partial charge in [-0.25, -0.2) is 13.1 Å². The molecule has 5 rings (SSSR count). The summed E-state index contributed by atoms with van der Waals surface area (Å²) in [7, 11) is -3.77. The second-order valence-electron chi connectivity index (χ2n) is 8.55. The molecule has 0 bridgehead atoms. The maximum atomic E-state index is 13.0. The Morgan fingerprint density at radius 3 is 2.90 bits per heavy atom. The van der Waals surface area contributed by atoms with Crippen molar-refractivity contribution in [2.45, 2.75) is 44.6 Å². The van der Waals surface area contributed by atoms with E-state index in [0.29, 0.717) is 5.69 Å². The van der Waals surface area contributed by atoms with Gasteiger partial charge in [0.05, 0.1) is 11.7 Å². The molecule has 0 unspecified atom stereocenters. The number of benzene rings is 1. The smallest absolute Gasteiger partial charge is 0.291 e. The molecule has 3 aromatic rings. The van der Waals surface area contributed by atoms with Crippen LogP contribution in [0, 0.1) is 12.3 Å². The summed E-state index contributed by atoms with van der Waals surface area (Å²) in [5, 5.41) is 7.26. The molecule has 10 heteroatoms. The average molecular weight is 427 g/mol. The quantitative estimate of drug-likeness (QED) is 0.649. The highest BCUT2D eigenvalue weighted by Crippen LogP contribution is 2.42. The Balaban J connectivity index is 1.48. The Morgan fingerprint density at radius 1 is 1.33 bits per heavy atom. The highest BCUT2D eigenvalue weighted by Gasteiger charge is 2.37. The Hall–Kier alpha value is -3.14. The number of nitrogens with one attached hydrogen (secondary N) is 2. The van der Waals surface area contributed by atoms with E-state index in [9.17, 15) is 13.2 Å². The minimum absolute atomic E-state index is 0.0114. The van der Waals surface area contributed by atoms with Crippen molar-refractivity contribution in [3.05, 3.63) is 53.2 Å². The summed E-state index contributed by atoms with van der Waals surface area (Å²) < 4.78 is 34.4. The van der Waals surface area contributed by atoms with E-state index in [1.807, 2.05) is 13.0 Å². The molecule has 0 spiro atoms. The number of anilines is 1. The van der Waals surface area contributed by atoms with E-state index in [-0.39, 0.29) is 28.1 Å². The number of aromatic nitrogens is 3. The number of furan rings is 1. The lowest BCUT2D eigenvalue weighted by Gasteiger charge is -2.34. The van der Waals surface area contributed by atoms with Crippen LogP contribution in [0.2, 0.25) is 0 Å². The summed E-state index contributed by atoms with van der Waals surface area (Å²) in [6.07, 6.45) is 1.55. The third-order valence-corrected chi connectivity index (χ3v) is 6.84. The van der Waals surface area contributed by atoms with Gasteiger partial charge in [0.25, 0.3) is 15.9 Å². The van der Waals surface area contributed by atoms with E-state index in [1.165, 1.54) is 10.7 Å². The third kappa shape index (κ3) is 2.98. The molecule has 0 saturated heterocycles. The molecular weight excluding hydrogens is 406 g/mol. The third-order valence-electron chi connectivity index (χ3n) is 5.46. The van der Waals surface area contributed by atoms with Crippen LogP contribution in [0.3, 0.4) is 0 Å². The van der Waals surface area contributed by atoms with Gasteiger partial charge in [-0.15, -0.1) is 5.10 Å². The molecule has 0 radical (unpaired) electrons. The van der Waals surface area contributed by atoms with Crippen LogP contribution >= 0.6 is 0 Å². The first-order valence-corrected chi connectivity index (χ1v) is 11.1. The number of amides is 1. The summed E-state index contributed by atoms with van der Waals surface area (Å²) in [6, 6.07) is 8.15. The molecule has 1 aromatic carbocycles. The molecular formula is C20H21N5O4S. The molecule has 2 aromatic heterocycles. The maximum Gasteiger partial charge on any atom is 0.291 e. The van der Waals surface area contributed by atoms with Gasteiger partial charge < -0.3 is 9.73 Å². The second-order valence-corrected chi connectivity index (χ2v) is 10.2. The van der Waals surface area contributed by atoms with Crippen molar-refractivity contribution < 1.29 is 17.6 Å². The SMILES string of the molecule is Cc1cc2c(o1)CC(C)(C)C[C@H]2NC(=O)c1nc2n(n1)-c1ccccc1S(=O)(=O)N2. The van der Waals surface area contributed by atoms with Gasteiger partial charge in [-0.05, 0) is 37.0 Å². The molecule has 156 valence electrons. The lowest BCUT2D eigenvalue weighted by Crippen LogP contribution is -2.36. The van der Waals surface area contributed by atoms with E-state index >= 15 is 0 Å². The number of hydrogen-bond acceptors (Lipinski definition) is 6. The average Bonchev–Trinajstić information content (AvgIpc) is 3.23. The summed E-state index contributed by atoms with van der Waals surface area (Å²) in [6.45, 7) is 6.15. The summed E-state index contributed by atoms with van der Waals surface area (Å²) in [5.41, 5.74) is 1.28. The van der Waals surface area contributed by atoms with Gasteiger partial charge in [0.15, 0.2) is 0 Å². The zero-order valence-electron chi connectivity index (χ0n) is 16.8. The molecule has 0 fully saturated rings.